The predicted molar refractivity (Wildman–Crippen MR) is 90.3 cm³/mol. The van der Waals surface area contributed by atoms with E-state index in [-0.39, 0.29) is 5.78 Å². The summed E-state index contributed by atoms with van der Waals surface area (Å²) in [5.74, 6) is 0.0234. The van der Waals surface area contributed by atoms with Crippen LogP contribution in [0.1, 0.15) is 41.9 Å². The second-order valence-corrected chi connectivity index (χ2v) is 6.23. The molecule has 1 fully saturated rings. The average Bonchev–Trinajstić information content (AvgIpc) is 2.90. The van der Waals surface area contributed by atoms with Gasteiger partial charge in [0.1, 0.15) is 0 Å². The first kappa shape index (κ1) is 15.7. The highest BCUT2D eigenvalue weighted by Crippen LogP contribution is 2.28. The minimum Gasteiger partial charge on any atom is -0.351 e. The molecule has 0 saturated carbocycles. The van der Waals surface area contributed by atoms with Crippen LogP contribution in [0.5, 0.6) is 0 Å². The molecule has 1 N–H and O–H groups in total. The molecule has 3 heterocycles. The summed E-state index contributed by atoms with van der Waals surface area (Å²) in [6.45, 7) is 5.83. The van der Waals surface area contributed by atoms with Crippen molar-refractivity contribution in [3.63, 3.8) is 0 Å². The minimum absolute atomic E-state index is 0.0234. The van der Waals surface area contributed by atoms with E-state index < -0.39 is 0 Å². The van der Waals surface area contributed by atoms with Crippen LogP contribution in [0.15, 0.2) is 24.7 Å². The number of nitrogens with zero attached hydrogens (tertiary/aromatic N) is 4. The van der Waals surface area contributed by atoms with Crippen LogP contribution in [0.4, 0.5) is 11.4 Å². The van der Waals surface area contributed by atoms with Gasteiger partial charge in [-0.05, 0) is 52.9 Å². The quantitative estimate of drug-likeness (QED) is 0.879. The summed E-state index contributed by atoms with van der Waals surface area (Å²) < 4.78 is 2.11. The van der Waals surface area contributed by atoms with Crippen molar-refractivity contribution in [1.82, 2.24) is 19.7 Å². The molecule has 0 radical (unpaired) electrons. The van der Waals surface area contributed by atoms with E-state index in [4.69, 9.17) is 0 Å². The Morgan fingerprint density at radius 2 is 2.00 bits per heavy atom. The van der Waals surface area contributed by atoms with Crippen molar-refractivity contribution in [1.29, 1.82) is 0 Å². The summed E-state index contributed by atoms with van der Waals surface area (Å²) in [5, 5.41) is 7.88. The van der Waals surface area contributed by atoms with Gasteiger partial charge in [0.15, 0.2) is 5.78 Å². The van der Waals surface area contributed by atoms with Crippen molar-refractivity contribution >= 4 is 17.2 Å². The normalized spacial score (nSPS) is 16.5. The first-order chi connectivity index (χ1) is 11.1. The number of ketones is 1. The van der Waals surface area contributed by atoms with Crippen molar-refractivity contribution in [3.05, 3.63) is 35.9 Å². The van der Waals surface area contributed by atoms with Crippen LogP contribution in [0.2, 0.25) is 0 Å². The van der Waals surface area contributed by atoms with Gasteiger partial charge in [0, 0.05) is 11.8 Å². The Kier molecular flexibility index (Phi) is 4.43. The molecule has 2 aromatic heterocycles. The number of Topliss-reactive ketones (excluding diaryl/α,β-unsaturated/α-hetero) is 1. The molecule has 6 heteroatoms. The monoisotopic (exact) mass is 313 g/mol. The maximum absolute atomic E-state index is 11.7. The Hall–Kier alpha value is -2.21. The van der Waals surface area contributed by atoms with Crippen molar-refractivity contribution in [2.75, 3.05) is 25.5 Å². The number of carbonyl (C=O) groups excluding carboxylic acids is 1. The minimum atomic E-state index is 0.0234. The van der Waals surface area contributed by atoms with E-state index in [0.29, 0.717) is 11.6 Å². The van der Waals surface area contributed by atoms with E-state index in [1.54, 1.807) is 25.4 Å². The van der Waals surface area contributed by atoms with E-state index >= 15 is 0 Å². The maximum Gasteiger partial charge on any atom is 0.162 e. The zero-order chi connectivity index (χ0) is 16.4. The number of pyridine rings is 1. The Morgan fingerprint density at radius 1 is 1.26 bits per heavy atom. The summed E-state index contributed by atoms with van der Waals surface area (Å²) in [4.78, 5) is 18.2. The molecule has 1 aliphatic rings. The van der Waals surface area contributed by atoms with Crippen molar-refractivity contribution in [2.24, 2.45) is 0 Å². The second kappa shape index (κ2) is 6.50. The van der Waals surface area contributed by atoms with E-state index in [9.17, 15) is 4.79 Å². The fourth-order valence-electron chi connectivity index (χ4n) is 3.10. The molecule has 0 amide bonds. The van der Waals surface area contributed by atoms with Gasteiger partial charge in [-0.3, -0.25) is 14.5 Å². The molecule has 0 aliphatic carbocycles. The van der Waals surface area contributed by atoms with Gasteiger partial charge in [0.25, 0.3) is 0 Å². The number of anilines is 2. The summed E-state index contributed by atoms with van der Waals surface area (Å²) in [5.41, 5.74) is 3.40. The molecule has 0 bridgehead atoms. The Balaban J connectivity index is 1.82. The molecule has 23 heavy (non-hydrogen) atoms. The Labute approximate surface area is 136 Å². The first-order valence-electron chi connectivity index (χ1n) is 8.01. The summed E-state index contributed by atoms with van der Waals surface area (Å²) >= 11 is 0. The molecular formula is C17H23N5O. The van der Waals surface area contributed by atoms with E-state index in [2.05, 4.69) is 39.0 Å². The van der Waals surface area contributed by atoms with Crippen LogP contribution in [-0.4, -0.2) is 45.6 Å². The molecule has 1 saturated heterocycles. The molecule has 122 valence electrons. The standard InChI is InChI=1S/C17H23N5O/c1-12-16(20-17-10-18-7-4-15(17)13(2)23)11-19-22(12)14-5-8-21(3)9-6-14/h4,7,10-11,14,20H,5-6,8-9H2,1-3H3. The fourth-order valence-corrected chi connectivity index (χ4v) is 3.10. The van der Waals surface area contributed by atoms with Gasteiger partial charge in [-0.2, -0.15) is 5.10 Å². The van der Waals surface area contributed by atoms with Gasteiger partial charge in [0.05, 0.1) is 35.5 Å². The lowest BCUT2D eigenvalue weighted by Gasteiger charge is -2.29. The molecule has 0 aromatic carbocycles. The smallest absolute Gasteiger partial charge is 0.162 e. The van der Waals surface area contributed by atoms with Crippen LogP contribution < -0.4 is 5.32 Å². The predicted octanol–water partition coefficient (Wildman–Crippen LogP) is 2.80. The van der Waals surface area contributed by atoms with Crippen molar-refractivity contribution in [3.8, 4) is 0 Å². The molecule has 0 spiro atoms. The molecular weight excluding hydrogens is 290 g/mol. The number of likely N-dealkylation sites (tertiary alicyclic amines) is 1. The SMILES string of the molecule is CC(=O)c1ccncc1Nc1cnn(C2CCN(C)CC2)c1C. The lowest BCUT2D eigenvalue weighted by molar-refractivity contribution is 0.101. The first-order valence-corrected chi connectivity index (χ1v) is 8.01. The lowest BCUT2D eigenvalue weighted by atomic mass is 10.1. The number of hydrogen-bond donors (Lipinski definition) is 1. The van der Waals surface area contributed by atoms with Crippen LogP contribution in [0.3, 0.4) is 0 Å². The van der Waals surface area contributed by atoms with Crippen molar-refractivity contribution < 1.29 is 4.79 Å². The molecule has 1 aliphatic heterocycles. The van der Waals surface area contributed by atoms with E-state index in [0.717, 1.165) is 43.0 Å². The summed E-state index contributed by atoms with van der Waals surface area (Å²) in [6, 6.07) is 2.18. The third-order valence-corrected chi connectivity index (χ3v) is 4.55. The number of aromatic nitrogens is 3. The van der Waals surface area contributed by atoms with Gasteiger partial charge in [-0.15, -0.1) is 0 Å². The van der Waals surface area contributed by atoms with Gasteiger partial charge in [-0.25, -0.2) is 0 Å². The van der Waals surface area contributed by atoms with Gasteiger partial charge in [-0.1, -0.05) is 0 Å². The average molecular weight is 313 g/mol. The number of carbonyl (C=O) groups is 1. The zero-order valence-corrected chi connectivity index (χ0v) is 13.9. The fraction of sp³-hybridized carbons (Fsp3) is 0.471. The molecule has 0 unspecified atom stereocenters. The van der Waals surface area contributed by atoms with Crippen LogP contribution in [0, 0.1) is 6.92 Å². The number of hydrogen-bond acceptors (Lipinski definition) is 5. The molecule has 6 nitrogen and oxygen atoms in total. The van der Waals surface area contributed by atoms with E-state index in [1.165, 1.54) is 0 Å². The molecule has 2 aromatic rings. The number of nitrogens with one attached hydrogen (secondary N) is 1. The maximum atomic E-state index is 11.7. The van der Waals surface area contributed by atoms with E-state index in [1.807, 2.05) is 6.20 Å². The highest BCUT2D eigenvalue weighted by molar-refractivity contribution is 5.99. The Morgan fingerprint density at radius 3 is 2.70 bits per heavy atom. The van der Waals surface area contributed by atoms with Gasteiger partial charge >= 0.3 is 0 Å². The third-order valence-electron chi connectivity index (χ3n) is 4.55. The van der Waals surface area contributed by atoms with Crippen molar-refractivity contribution in [2.45, 2.75) is 32.7 Å². The highest BCUT2D eigenvalue weighted by atomic mass is 16.1. The summed E-state index contributed by atoms with van der Waals surface area (Å²) in [7, 11) is 2.16. The van der Waals surface area contributed by atoms with Crippen LogP contribution in [-0.2, 0) is 0 Å². The Bertz CT molecular complexity index is 701. The lowest BCUT2D eigenvalue weighted by Crippen LogP contribution is -2.32. The number of rotatable bonds is 4. The zero-order valence-electron chi connectivity index (χ0n) is 13.9. The topological polar surface area (TPSA) is 63.1 Å². The molecule has 3 rings (SSSR count). The summed E-state index contributed by atoms with van der Waals surface area (Å²) in [6.07, 6.45) is 7.39. The number of piperidine rings is 1. The highest BCUT2D eigenvalue weighted by Gasteiger charge is 2.21. The van der Waals surface area contributed by atoms with Gasteiger partial charge < -0.3 is 10.2 Å². The second-order valence-electron chi connectivity index (χ2n) is 6.23. The largest absolute Gasteiger partial charge is 0.351 e. The molecule has 0 atom stereocenters. The third kappa shape index (κ3) is 3.27. The van der Waals surface area contributed by atoms with Crippen LogP contribution >= 0.6 is 0 Å². The van der Waals surface area contributed by atoms with Crippen LogP contribution in [0.25, 0.3) is 0 Å². The van der Waals surface area contributed by atoms with Gasteiger partial charge in [0.2, 0.25) is 0 Å².